The van der Waals surface area contributed by atoms with Crippen molar-refractivity contribution in [3.63, 3.8) is 0 Å². The van der Waals surface area contributed by atoms with E-state index in [0.717, 1.165) is 0 Å². The first-order valence-corrected chi connectivity index (χ1v) is 15.5. The summed E-state index contributed by atoms with van der Waals surface area (Å²) in [6, 6.07) is 49.7. The SMILES string of the molecule is c1ccc([Si](c2ccccc2)(c2ccccc2)c2ccc3sc4sc5ccccc5c4c3c2)cc1. The third kappa shape index (κ3) is 3.16. The van der Waals surface area contributed by atoms with Gasteiger partial charge in [-0.3, -0.25) is 0 Å². The van der Waals surface area contributed by atoms with E-state index in [1.165, 1.54) is 50.3 Å². The first kappa shape index (κ1) is 20.8. The van der Waals surface area contributed by atoms with Crippen LogP contribution in [-0.4, -0.2) is 8.07 Å². The zero-order chi connectivity index (χ0) is 23.2. The average molecular weight is 499 g/mol. The van der Waals surface area contributed by atoms with E-state index in [1.807, 2.05) is 22.7 Å². The maximum absolute atomic E-state index is 2.52. The Labute approximate surface area is 213 Å². The van der Waals surface area contributed by atoms with Crippen LogP contribution in [0.15, 0.2) is 133 Å². The Hall–Kier alpha value is -3.50. The van der Waals surface area contributed by atoms with Crippen LogP contribution < -0.4 is 20.7 Å². The maximum atomic E-state index is 2.52. The van der Waals surface area contributed by atoms with Crippen molar-refractivity contribution in [1.29, 1.82) is 0 Å². The number of thiophene rings is 2. The maximum Gasteiger partial charge on any atom is 0.179 e. The minimum atomic E-state index is -2.52. The Morgan fingerprint density at radius 1 is 0.400 bits per heavy atom. The van der Waals surface area contributed by atoms with E-state index in [-0.39, 0.29) is 0 Å². The molecule has 0 radical (unpaired) electrons. The molecule has 0 unspecified atom stereocenters. The van der Waals surface area contributed by atoms with Gasteiger partial charge in [-0.1, -0.05) is 121 Å². The van der Waals surface area contributed by atoms with Gasteiger partial charge >= 0.3 is 0 Å². The van der Waals surface area contributed by atoms with Gasteiger partial charge in [0.2, 0.25) is 0 Å². The van der Waals surface area contributed by atoms with Crippen molar-refractivity contribution >= 4 is 81.1 Å². The van der Waals surface area contributed by atoms with E-state index in [9.17, 15) is 0 Å². The molecule has 3 heteroatoms. The van der Waals surface area contributed by atoms with Crippen LogP contribution in [0.25, 0.3) is 29.6 Å². The molecule has 0 fully saturated rings. The summed E-state index contributed by atoms with van der Waals surface area (Å²) in [5.41, 5.74) is 0. The molecule has 7 aromatic rings. The summed E-state index contributed by atoms with van der Waals surface area (Å²) in [7, 11) is -2.52. The molecule has 0 saturated heterocycles. The highest BCUT2D eigenvalue weighted by molar-refractivity contribution is 7.44. The summed E-state index contributed by atoms with van der Waals surface area (Å²) in [5.74, 6) is 0. The Morgan fingerprint density at radius 2 is 0.886 bits per heavy atom. The molecule has 0 amide bonds. The van der Waals surface area contributed by atoms with E-state index in [1.54, 1.807) is 0 Å². The van der Waals surface area contributed by atoms with E-state index in [0.29, 0.717) is 0 Å². The molecule has 0 aliphatic rings. The number of benzene rings is 5. The van der Waals surface area contributed by atoms with Gasteiger partial charge in [0.15, 0.2) is 8.07 Å². The van der Waals surface area contributed by atoms with Crippen LogP contribution >= 0.6 is 22.7 Å². The zero-order valence-electron chi connectivity index (χ0n) is 19.0. The number of hydrogen-bond acceptors (Lipinski definition) is 2. The zero-order valence-corrected chi connectivity index (χ0v) is 21.7. The summed E-state index contributed by atoms with van der Waals surface area (Å²) in [6.45, 7) is 0. The van der Waals surface area contributed by atoms with Crippen molar-refractivity contribution in [2.24, 2.45) is 0 Å². The van der Waals surface area contributed by atoms with Gasteiger partial charge in [0.1, 0.15) is 0 Å². The highest BCUT2D eigenvalue weighted by atomic mass is 32.2. The van der Waals surface area contributed by atoms with Crippen LogP contribution in [0.4, 0.5) is 0 Å². The number of fused-ring (bicyclic) bond motifs is 5. The lowest BCUT2D eigenvalue weighted by Gasteiger charge is -2.34. The van der Waals surface area contributed by atoms with Gasteiger partial charge in [-0.15, -0.1) is 22.7 Å². The van der Waals surface area contributed by atoms with E-state index in [4.69, 9.17) is 0 Å². The van der Waals surface area contributed by atoms with Crippen LogP contribution in [-0.2, 0) is 0 Å². The fourth-order valence-electron chi connectivity index (χ4n) is 5.56. The van der Waals surface area contributed by atoms with Crippen LogP contribution in [0.3, 0.4) is 0 Å². The quantitative estimate of drug-likeness (QED) is 0.188. The topological polar surface area (TPSA) is 0 Å². The van der Waals surface area contributed by atoms with Gasteiger partial charge < -0.3 is 0 Å². The fourth-order valence-corrected chi connectivity index (χ4v) is 12.9. The molecule has 35 heavy (non-hydrogen) atoms. The normalized spacial score (nSPS) is 12.0. The molecule has 2 heterocycles. The summed E-state index contributed by atoms with van der Waals surface area (Å²) in [5, 5.41) is 9.87. The first-order valence-electron chi connectivity index (χ1n) is 11.9. The summed E-state index contributed by atoms with van der Waals surface area (Å²) in [6.07, 6.45) is 0. The molecule has 0 N–H and O–H groups in total. The van der Waals surface area contributed by atoms with E-state index in [2.05, 4.69) is 133 Å². The van der Waals surface area contributed by atoms with Gasteiger partial charge in [0, 0.05) is 25.6 Å². The van der Waals surface area contributed by atoms with Crippen molar-refractivity contribution in [2.75, 3.05) is 0 Å². The molecule has 0 nitrogen and oxygen atoms in total. The van der Waals surface area contributed by atoms with Crippen LogP contribution in [0.2, 0.25) is 0 Å². The van der Waals surface area contributed by atoms with E-state index < -0.39 is 8.07 Å². The molecular weight excluding hydrogens is 477 g/mol. The second kappa shape index (κ2) is 8.31. The lowest BCUT2D eigenvalue weighted by atomic mass is 10.1. The van der Waals surface area contributed by atoms with Crippen molar-refractivity contribution in [2.45, 2.75) is 0 Å². The second-order valence-electron chi connectivity index (χ2n) is 8.92. The molecule has 0 atom stereocenters. The first-order chi connectivity index (χ1) is 17.4. The Balaban J connectivity index is 1.62. The minimum absolute atomic E-state index is 1.37. The summed E-state index contributed by atoms with van der Waals surface area (Å²) < 4.78 is 4.17. The molecular formula is C32H22S2Si. The second-order valence-corrected chi connectivity index (χ2v) is 15.1. The van der Waals surface area contributed by atoms with Gasteiger partial charge in [0.05, 0.1) is 4.01 Å². The number of rotatable bonds is 4. The molecule has 5 aromatic carbocycles. The molecule has 0 spiro atoms. The van der Waals surface area contributed by atoms with Crippen LogP contribution in [0.1, 0.15) is 0 Å². The Morgan fingerprint density at radius 3 is 1.46 bits per heavy atom. The Bertz CT molecular complexity index is 1680. The summed E-state index contributed by atoms with van der Waals surface area (Å²) >= 11 is 3.85. The Kier molecular flexibility index (Phi) is 4.95. The molecule has 0 aliphatic heterocycles. The highest BCUT2D eigenvalue weighted by Gasteiger charge is 2.41. The lowest BCUT2D eigenvalue weighted by Crippen LogP contribution is -2.74. The van der Waals surface area contributed by atoms with Crippen LogP contribution in [0.5, 0.6) is 0 Å². The molecule has 7 rings (SSSR count). The molecule has 0 aliphatic carbocycles. The summed E-state index contributed by atoms with van der Waals surface area (Å²) in [4.78, 5) is 0. The van der Waals surface area contributed by atoms with Gasteiger partial charge in [-0.25, -0.2) is 0 Å². The predicted molar refractivity (Wildman–Crippen MR) is 158 cm³/mol. The third-order valence-corrected chi connectivity index (χ3v) is 14.3. The van der Waals surface area contributed by atoms with Crippen molar-refractivity contribution in [1.82, 2.24) is 0 Å². The fraction of sp³-hybridized carbons (Fsp3) is 0. The van der Waals surface area contributed by atoms with Crippen molar-refractivity contribution < 1.29 is 0 Å². The molecule has 0 saturated carbocycles. The van der Waals surface area contributed by atoms with Gasteiger partial charge in [0.25, 0.3) is 0 Å². The van der Waals surface area contributed by atoms with Gasteiger partial charge in [-0.05, 0) is 32.9 Å². The number of hydrogen-bond donors (Lipinski definition) is 0. The minimum Gasteiger partial charge on any atom is -0.124 e. The molecule has 166 valence electrons. The predicted octanol–water partition coefficient (Wildman–Crippen LogP) is 6.65. The smallest absolute Gasteiger partial charge is 0.124 e. The van der Waals surface area contributed by atoms with E-state index >= 15 is 0 Å². The standard InChI is InChI=1S/C32H22S2Si/c1-4-12-23(13-5-1)35(24-14-6-2-7-15-24,25-16-8-3-9-17-25)26-20-21-30-28(22-26)31-27-18-10-11-19-29(27)33-32(31)34-30/h1-22H. The highest BCUT2D eigenvalue weighted by Crippen LogP contribution is 2.43. The molecule has 0 bridgehead atoms. The largest absolute Gasteiger partial charge is 0.179 e. The monoisotopic (exact) mass is 498 g/mol. The average Bonchev–Trinajstić information content (AvgIpc) is 3.47. The van der Waals surface area contributed by atoms with Crippen molar-refractivity contribution in [3.8, 4) is 0 Å². The van der Waals surface area contributed by atoms with Crippen LogP contribution in [0, 0.1) is 0 Å². The van der Waals surface area contributed by atoms with Crippen molar-refractivity contribution in [3.05, 3.63) is 133 Å². The van der Waals surface area contributed by atoms with Gasteiger partial charge in [-0.2, -0.15) is 0 Å². The third-order valence-electron chi connectivity index (χ3n) is 7.07. The molecule has 2 aromatic heterocycles. The lowest BCUT2D eigenvalue weighted by molar-refractivity contribution is 1.68.